The molecule has 0 aliphatic carbocycles. The Bertz CT molecular complexity index is 642. The summed E-state index contributed by atoms with van der Waals surface area (Å²) in [6, 6.07) is 4.52. The largest absolute Gasteiger partial charge is 0.409 e. The van der Waals surface area contributed by atoms with Crippen molar-refractivity contribution in [1.29, 1.82) is 0 Å². The van der Waals surface area contributed by atoms with E-state index in [1.807, 2.05) is 0 Å². The van der Waals surface area contributed by atoms with Crippen LogP contribution in [0.2, 0.25) is 0 Å². The van der Waals surface area contributed by atoms with E-state index in [9.17, 15) is 12.8 Å². The summed E-state index contributed by atoms with van der Waals surface area (Å²) in [5, 5.41) is 14.3. The lowest BCUT2D eigenvalue weighted by molar-refractivity contribution is 0.318. The van der Waals surface area contributed by atoms with Gasteiger partial charge in [0.1, 0.15) is 5.82 Å². The molecule has 0 amide bonds. The van der Waals surface area contributed by atoms with Gasteiger partial charge in [-0.2, -0.15) is 0 Å². The highest BCUT2D eigenvalue weighted by molar-refractivity contribution is 7.92. The molecule has 0 bridgehead atoms. The third kappa shape index (κ3) is 4.15. The van der Waals surface area contributed by atoms with E-state index in [1.165, 1.54) is 6.07 Å². The Morgan fingerprint density at radius 2 is 2.10 bits per heavy atom. The molecule has 118 valence electrons. The van der Waals surface area contributed by atoms with Gasteiger partial charge in [-0.3, -0.25) is 0 Å². The molecule has 0 aromatic heterocycles. The second kappa shape index (κ2) is 6.40. The molecule has 4 N–H and O–H groups in total. The van der Waals surface area contributed by atoms with E-state index in [1.54, 1.807) is 26.0 Å². The van der Waals surface area contributed by atoms with E-state index in [0.29, 0.717) is 5.56 Å². The molecule has 21 heavy (non-hydrogen) atoms. The number of oxime groups is 1. The van der Waals surface area contributed by atoms with E-state index in [0.717, 1.165) is 6.26 Å². The van der Waals surface area contributed by atoms with Crippen molar-refractivity contribution in [3.05, 3.63) is 35.1 Å². The molecule has 1 rings (SSSR count). The summed E-state index contributed by atoms with van der Waals surface area (Å²) in [5.74, 6) is -0.914. The molecule has 0 unspecified atom stereocenters. The third-order valence-electron chi connectivity index (χ3n) is 3.33. The Kier molecular flexibility index (Phi) is 5.30. The number of benzene rings is 1. The van der Waals surface area contributed by atoms with Gasteiger partial charge in [0.15, 0.2) is 15.7 Å². The standard InChI is InChI=1S/C13H20FN3O3S/c1-13(2,21(3,19)20)8-16-7-9-5-4-6-10(11(9)14)12(15)17-18/h4-6,16,18H,7-8H2,1-3H3,(H2,15,17). The molecule has 0 aliphatic rings. The molecule has 1 aromatic rings. The predicted molar refractivity (Wildman–Crippen MR) is 79.5 cm³/mol. The van der Waals surface area contributed by atoms with Gasteiger partial charge >= 0.3 is 0 Å². The molecule has 6 nitrogen and oxygen atoms in total. The van der Waals surface area contributed by atoms with Crippen LogP contribution in [0.15, 0.2) is 23.4 Å². The van der Waals surface area contributed by atoms with Crippen molar-refractivity contribution in [3.63, 3.8) is 0 Å². The predicted octanol–water partition coefficient (Wildman–Crippen LogP) is 0.833. The lowest BCUT2D eigenvalue weighted by Gasteiger charge is -2.23. The normalized spacial score (nSPS) is 13.4. The number of nitrogens with zero attached hydrogens (tertiary/aromatic N) is 1. The maximum absolute atomic E-state index is 14.1. The average Bonchev–Trinajstić information content (AvgIpc) is 2.38. The first-order chi connectivity index (χ1) is 9.60. The molecule has 0 saturated heterocycles. The molecule has 0 heterocycles. The first kappa shape index (κ1) is 17.4. The number of nitrogens with one attached hydrogen (secondary N) is 1. The van der Waals surface area contributed by atoms with Crippen LogP contribution in [0.1, 0.15) is 25.0 Å². The summed E-state index contributed by atoms with van der Waals surface area (Å²) in [4.78, 5) is 0. The lowest BCUT2D eigenvalue weighted by Crippen LogP contribution is -2.41. The van der Waals surface area contributed by atoms with Crippen molar-refractivity contribution >= 4 is 15.7 Å². The second-order valence-corrected chi connectivity index (χ2v) is 8.05. The molecule has 0 saturated carbocycles. The van der Waals surface area contributed by atoms with E-state index < -0.39 is 20.4 Å². The van der Waals surface area contributed by atoms with E-state index >= 15 is 0 Å². The van der Waals surface area contributed by atoms with Gasteiger partial charge in [0.2, 0.25) is 0 Å². The first-order valence-electron chi connectivity index (χ1n) is 6.26. The lowest BCUT2D eigenvalue weighted by atomic mass is 10.1. The molecule has 0 atom stereocenters. The number of nitrogens with two attached hydrogens (primary N) is 1. The maximum atomic E-state index is 14.1. The summed E-state index contributed by atoms with van der Waals surface area (Å²) in [6.07, 6.45) is 1.16. The van der Waals surface area contributed by atoms with Gasteiger partial charge in [0.05, 0.1) is 10.3 Å². The van der Waals surface area contributed by atoms with Gasteiger partial charge in [-0.1, -0.05) is 17.3 Å². The highest BCUT2D eigenvalue weighted by Crippen LogP contribution is 2.15. The van der Waals surface area contributed by atoms with E-state index in [2.05, 4.69) is 10.5 Å². The monoisotopic (exact) mass is 317 g/mol. The van der Waals surface area contributed by atoms with Crippen LogP contribution in [0.4, 0.5) is 4.39 Å². The molecule has 0 fully saturated rings. The van der Waals surface area contributed by atoms with Gasteiger partial charge < -0.3 is 16.3 Å². The van der Waals surface area contributed by atoms with Crippen molar-refractivity contribution in [2.75, 3.05) is 12.8 Å². The van der Waals surface area contributed by atoms with Crippen molar-refractivity contribution in [1.82, 2.24) is 5.32 Å². The van der Waals surface area contributed by atoms with E-state index in [-0.39, 0.29) is 24.5 Å². The number of halogens is 1. The van der Waals surface area contributed by atoms with Crippen molar-refractivity contribution in [3.8, 4) is 0 Å². The zero-order chi connectivity index (χ0) is 16.3. The van der Waals surface area contributed by atoms with E-state index in [4.69, 9.17) is 10.9 Å². The molecule has 0 spiro atoms. The highest BCUT2D eigenvalue weighted by atomic mass is 32.2. The highest BCUT2D eigenvalue weighted by Gasteiger charge is 2.29. The van der Waals surface area contributed by atoms with Crippen LogP contribution < -0.4 is 11.1 Å². The zero-order valence-corrected chi connectivity index (χ0v) is 13.0. The fourth-order valence-electron chi connectivity index (χ4n) is 1.60. The minimum absolute atomic E-state index is 0.000766. The summed E-state index contributed by atoms with van der Waals surface area (Å²) < 4.78 is 36.3. The van der Waals surface area contributed by atoms with Gasteiger partial charge in [-0.05, 0) is 19.9 Å². The fraction of sp³-hybridized carbons (Fsp3) is 0.462. The summed E-state index contributed by atoms with van der Waals surface area (Å²) in [6.45, 7) is 3.51. The van der Waals surface area contributed by atoms with Crippen LogP contribution in [-0.4, -0.2) is 37.0 Å². The Morgan fingerprint density at radius 1 is 1.48 bits per heavy atom. The molecule has 0 radical (unpaired) electrons. The van der Waals surface area contributed by atoms with Gasteiger partial charge in [0, 0.05) is 24.9 Å². The van der Waals surface area contributed by atoms with Crippen molar-refractivity contribution in [2.24, 2.45) is 10.9 Å². The topological polar surface area (TPSA) is 105 Å². The number of hydrogen-bond donors (Lipinski definition) is 3. The Hall–Kier alpha value is -1.67. The Labute approximate surface area is 123 Å². The first-order valence-corrected chi connectivity index (χ1v) is 8.15. The van der Waals surface area contributed by atoms with Crippen LogP contribution in [0, 0.1) is 5.82 Å². The minimum atomic E-state index is -3.22. The quantitative estimate of drug-likeness (QED) is 0.312. The number of amidine groups is 1. The van der Waals surface area contributed by atoms with Gasteiger partial charge in [0.25, 0.3) is 0 Å². The summed E-state index contributed by atoms with van der Waals surface area (Å²) >= 11 is 0. The zero-order valence-electron chi connectivity index (χ0n) is 12.2. The van der Waals surface area contributed by atoms with Crippen LogP contribution in [0.3, 0.4) is 0 Å². The van der Waals surface area contributed by atoms with Crippen LogP contribution in [0.25, 0.3) is 0 Å². The van der Waals surface area contributed by atoms with Gasteiger partial charge in [-0.15, -0.1) is 0 Å². The minimum Gasteiger partial charge on any atom is -0.409 e. The molecule has 0 aliphatic heterocycles. The number of sulfone groups is 1. The molecular formula is C13H20FN3O3S. The van der Waals surface area contributed by atoms with Crippen LogP contribution >= 0.6 is 0 Å². The van der Waals surface area contributed by atoms with Crippen molar-refractivity contribution in [2.45, 2.75) is 25.1 Å². The Morgan fingerprint density at radius 3 is 2.62 bits per heavy atom. The Balaban J connectivity index is 2.83. The smallest absolute Gasteiger partial charge is 0.173 e. The van der Waals surface area contributed by atoms with Crippen molar-refractivity contribution < 1.29 is 18.0 Å². The molecular weight excluding hydrogens is 297 g/mol. The summed E-state index contributed by atoms with van der Waals surface area (Å²) in [5.41, 5.74) is 5.69. The number of rotatable bonds is 6. The molecule has 8 heteroatoms. The maximum Gasteiger partial charge on any atom is 0.173 e. The van der Waals surface area contributed by atoms with Crippen LogP contribution in [-0.2, 0) is 16.4 Å². The third-order valence-corrected chi connectivity index (χ3v) is 5.48. The summed E-state index contributed by atoms with van der Waals surface area (Å²) in [7, 11) is -3.22. The number of hydrogen-bond acceptors (Lipinski definition) is 5. The van der Waals surface area contributed by atoms with Gasteiger partial charge in [-0.25, -0.2) is 12.8 Å². The average molecular weight is 317 g/mol. The SMILES string of the molecule is CC(C)(CNCc1cccc(/C(N)=N/O)c1F)S(C)(=O)=O. The second-order valence-electron chi connectivity index (χ2n) is 5.40. The van der Waals surface area contributed by atoms with Crippen LogP contribution in [0.5, 0.6) is 0 Å². The fourth-order valence-corrected chi connectivity index (χ4v) is 1.96. The molecule has 1 aromatic carbocycles.